The summed E-state index contributed by atoms with van der Waals surface area (Å²) in [6.45, 7) is 3.17. The standard InChI is InChI=1S/C12H15ClN2O4/c1-2-19-6-5-14-12(18)15-10-4-3-8(13)7-9(10)11(16)17/h3-4,7H,2,5-6H2,1H3,(H,16,17)(H2,14,15,18). The first-order valence-electron chi connectivity index (χ1n) is 5.70. The van der Waals surface area contributed by atoms with Gasteiger partial charge in [0.1, 0.15) is 0 Å². The second-order valence-corrected chi connectivity index (χ2v) is 4.01. The van der Waals surface area contributed by atoms with E-state index in [1.54, 1.807) is 0 Å². The van der Waals surface area contributed by atoms with Gasteiger partial charge in [-0.15, -0.1) is 0 Å². The Kier molecular flexibility index (Phi) is 6.11. The molecule has 0 aliphatic heterocycles. The monoisotopic (exact) mass is 286 g/mol. The summed E-state index contributed by atoms with van der Waals surface area (Å²) in [7, 11) is 0. The largest absolute Gasteiger partial charge is 0.478 e. The van der Waals surface area contributed by atoms with Crippen molar-refractivity contribution in [3.8, 4) is 0 Å². The van der Waals surface area contributed by atoms with Gasteiger partial charge in [0.2, 0.25) is 0 Å². The quantitative estimate of drug-likeness (QED) is 0.700. The van der Waals surface area contributed by atoms with Gasteiger partial charge in [-0.1, -0.05) is 11.6 Å². The molecule has 19 heavy (non-hydrogen) atoms. The molecule has 1 aromatic rings. The lowest BCUT2D eigenvalue weighted by Gasteiger charge is -2.10. The van der Waals surface area contributed by atoms with Gasteiger partial charge >= 0.3 is 12.0 Å². The second-order valence-electron chi connectivity index (χ2n) is 3.57. The van der Waals surface area contributed by atoms with Crippen LogP contribution in [0.5, 0.6) is 0 Å². The maximum Gasteiger partial charge on any atom is 0.337 e. The fraction of sp³-hybridized carbons (Fsp3) is 0.333. The maximum absolute atomic E-state index is 11.5. The van der Waals surface area contributed by atoms with Crippen LogP contribution in [0.25, 0.3) is 0 Å². The second kappa shape index (κ2) is 7.60. The van der Waals surface area contributed by atoms with Gasteiger partial charge in [0.05, 0.1) is 17.9 Å². The number of anilines is 1. The van der Waals surface area contributed by atoms with Crippen LogP contribution in [-0.2, 0) is 4.74 Å². The van der Waals surface area contributed by atoms with Crippen molar-refractivity contribution in [1.82, 2.24) is 5.32 Å². The van der Waals surface area contributed by atoms with Gasteiger partial charge in [-0.2, -0.15) is 0 Å². The van der Waals surface area contributed by atoms with E-state index in [0.29, 0.717) is 24.8 Å². The average molecular weight is 287 g/mol. The summed E-state index contributed by atoms with van der Waals surface area (Å²) < 4.78 is 5.06. The number of rotatable bonds is 6. The Balaban J connectivity index is 2.61. The van der Waals surface area contributed by atoms with Crippen molar-refractivity contribution in [2.24, 2.45) is 0 Å². The zero-order valence-electron chi connectivity index (χ0n) is 10.4. The highest BCUT2D eigenvalue weighted by Crippen LogP contribution is 2.20. The zero-order chi connectivity index (χ0) is 14.3. The van der Waals surface area contributed by atoms with Gasteiger partial charge < -0.3 is 20.5 Å². The summed E-state index contributed by atoms with van der Waals surface area (Å²) in [5.41, 5.74) is 0.123. The molecule has 0 atom stereocenters. The molecular weight excluding hydrogens is 272 g/mol. The third-order valence-electron chi connectivity index (χ3n) is 2.20. The number of nitrogens with one attached hydrogen (secondary N) is 2. The third kappa shape index (κ3) is 5.15. The van der Waals surface area contributed by atoms with Crippen molar-refractivity contribution in [3.63, 3.8) is 0 Å². The first kappa shape index (κ1) is 15.3. The molecule has 1 rings (SSSR count). The molecule has 0 heterocycles. The van der Waals surface area contributed by atoms with Crippen LogP contribution < -0.4 is 10.6 Å². The van der Waals surface area contributed by atoms with Crippen molar-refractivity contribution in [3.05, 3.63) is 28.8 Å². The number of aromatic carboxylic acids is 1. The van der Waals surface area contributed by atoms with Crippen molar-refractivity contribution in [2.45, 2.75) is 6.92 Å². The van der Waals surface area contributed by atoms with Gasteiger partial charge in [0, 0.05) is 18.2 Å². The first-order chi connectivity index (χ1) is 9.04. The molecule has 7 heteroatoms. The minimum Gasteiger partial charge on any atom is -0.478 e. The first-order valence-corrected chi connectivity index (χ1v) is 6.07. The summed E-state index contributed by atoms with van der Waals surface area (Å²) in [6, 6.07) is 3.72. The number of amides is 2. The molecule has 104 valence electrons. The zero-order valence-corrected chi connectivity index (χ0v) is 11.2. The number of carbonyl (C=O) groups excluding carboxylic acids is 1. The topological polar surface area (TPSA) is 87.7 Å². The molecule has 0 saturated heterocycles. The normalized spacial score (nSPS) is 10.0. The summed E-state index contributed by atoms with van der Waals surface area (Å²) in [4.78, 5) is 22.5. The van der Waals surface area contributed by atoms with E-state index >= 15 is 0 Å². The summed E-state index contributed by atoms with van der Waals surface area (Å²) in [5.74, 6) is -1.16. The molecule has 0 aliphatic carbocycles. The molecule has 0 fully saturated rings. The SMILES string of the molecule is CCOCCNC(=O)Nc1ccc(Cl)cc1C(=O)O. The maximum atomic E-state index is 11.5. The molecule has 2 amide bonds. The Bertz CT molecular complexity index is 465. The average Bonchev–Trinajstić information content (AvgIpc) is 2.36. The Morgan fingerprint density at radius 3 is 2.79 bits per heavy atom. The Morgan fingerprint density at radius 1 is 1.42 bits per heavy atom. The van der Waals surface area contributed by atoms with Gasteiger partial charge in [0.25, 0.3) is 0 Å². The number of urea groups is 1. The lowest BCUT2D eigenvalue weighted by molar-refractivity contribution is 0.0698. The number of carbonyl (C=O) groups is 2. The number of halogens is 1. The van der Waals surface area contributed by atoms with Crippen LogP contribution in [0, 0.1) is 0 Å². The van der Waals surface area contributed by atoms with E-state index in [9.17, 15) is 9.59 Å². The Hall–Kier alpha value is -1.79. The summed E-state index contributed by atoms with van der Waals surface area (Å²) in [6.07, 6.45) is 0. The van der Waals surface area contributed by atoms with E-state index < -0.39 is 12.0 Å². The highest BCUT2D eigenvalue weighted by molar-refractivity contribution is 6.31. The number of hydrogen-bond donors (Lipinski definition) is 3. The van der Waals surface area contributed by atoms with Crippen LogP contribution >= 0.6 is 11.6 Å². The summed E-state index contributed by atoms with van der Waals surface area (Å²) in [5, 5.41) is 14.3. The minimum atomic E-state index is -1.16. The molecule has 0 unspecified atom stereocenters. The third-order valence-corrected chi connectivity index (χ3v) is 2.43. The number of carboxylic acid groups (broad SMARTS) is 1. The minimum absolute atomic E-state index is 0.0625. The molecule has 0 aliphatic rings. The van der Waals surface area contributed by atoms with Crippen LogP contribution in [0.1, 0.15) is 17.3 Å². The smallest absolute Gasteiger partial charge is 0.337 e. The molecule has 1 aromatic carbocycles. The van der Waals surface area contributed by atoms with Crippen molar-refractivity contribution in [1.29, 1.82) is 0 Å². The fourth-order valence-corrected chi connectivity index (χ4v) is 1.52. The van der Waals surface area contributed by atoms with E-state index in [2.05, 4.69) is 10.6 Å². The summed E-state index contributed by atoms with van der Waals surface area (Å²) >= 11 is 5.71. The number of benzene rings is 1. The highest BCUT2D eigenvalue weighted by Gasteiger charge is 2.12. The molecule has 3 N–H and O–H groups in total. The predicted molar refractivity (Wildman–Crippen MR) is 71.9 cm³/mol. The fourth-order valence-electron chi connectivity index (χ4n) is 1.35. The van der Waals surface area contributed by atoms with Crippen molar-refractivity contribution >= 4 is 29.3 Å². The van der Waals surface area contributed by atoms with E-state index in [-0.39, 0.29) is 11.3 Å². The molecule has 0 aromatic heterocycles. The van der Waals surface area contributed by atoms with Crippen LogP contribution in [0.3, 0.4) is 0 Å². The Morgan fingerprint density at radius 2 is 2.16 bits per heavy atom. The number of hydrogen-bond acceptors (Lipinski definition) is 3. The Labute approximate surface area is 115 Å². The van der Waals surface area contributed by atoms with Crippen LogP contribution in [0.15, 0.2) is 18.2 Å². The van der Waals surface area contributed by atoms with E-state index in [1.165, 1.54) is 18.2 Å². The molecule has 0 bridgehead atoms. The molecule has 0 spiro atoms. The molecule has 0 radical (unpaired) electrons. The lowest BCUT2D eigenvalue weighted by Crippen LogP contribution is -2.32. The predicted octanol–water partition coefficient (Wildman–Crippen LogP) is 2.20. The molecular formula is C12H15ClN2O4. The van der Waals surface area contributed by atoms with E-state index in [0.717, 1.165) is 0 Å². The molecule has 6 nitrogen and oxygen atoms in total. The van der Waals surface area contributed by atoms with Gasteiger partial charge in [0.15, 0.2) is 0 Å². The highest BCUT2D eigenvalue weighted by atomic mass is 35.5. The van der Waals surface area contributed by atoms with Crippen molar-refractivity contribution in [2.75, 3.05) is 25.1 Å². The number of ether oxygens (including phenoxy) is 1. The van der Waals surface area contributed by atoms with Crippen LogP contribution in [-0.4, -0.2) is 36.9 Å². The number of carboxylic acids is 1. The van der Waals surface area contributed by atoms with E-state index in [1.807, 2.05) is 6.92 Å². The van der Waals surface area contributed by atoms with Gasteiger partial charge in [-0.05, 0) is 25.1 Å². The van der Waals surface area contributed by atoms with Crippen LogP contribution in [0.2, 0.25) is 5.02 Å². The van der Waals surface area contributed by atoms with Gasteiger partial charge in [-0.25, -0.2) is 9.59 Å². The molecule has 0 saturated carbocycles. The van der Waals surface area contributed by atoms with Gasteiger partial charge in [-0.3, -0.25) is 0 Å². The van der Waals surface area contributed by atoms with Crippen molar-refractivity contribution < 1.29 is 19.4 Å². The van der Waals surface area contributed by atoms with E-state index in [4.69, 9.17) is 21.4 Å². The lowest BCUT2D eigenvalue weighted by atomic mass is 10.2. The van der Waals surface area contributed by atoms with Crippen LogP contribution in [0.4, 0.5) is 10.5 Å².